The number of amides is 3. The molecular formula is C46H57N5O7. The number of aryl methyl sites for hydroxylation is 1. The molecule has 12 nitrogen and oxygen atoms in total. The molecule has 0 spiro atoms. The Morgan fingerprint density at radius 1 is 0.966 bits per heavy atom. The summed E-state index contributed by atoms with van der Waals surface area (Å²) in [7, 11) is 3.02. The van der Waals surface area contributed by atoms with Gasteiger partial charge in [0.2, 0.25) is 5.91 Å². The van der Waals surface area contributed by atoms with E-state index in [4.69, 9.17) is 28.9 Å². The SMILES string of the molecule is COC[C@H]1C[C@@H](C2=NC=C(c3ccc4c(c3)COc3cc5c(cc3-4)CCC3=C5CC([C@@H]4CC[C@H](C)N4C(=O)[C@@H](NC(=O)OC)C(C)C)=N3)C2)N(C(=O)OC(C)(C)C)C1. The number of methoxy groups -OCH3 is 2. The zero-order chi connectivity index (χ0) is 41.0. The normalized spacial score (nSPS) is 24.0. The lowest BCUT2D eigenvalue weighted by Crippen LogP contribution is -2.55. The minimum absolute atomic E-state index is 0.0435. The Morgan fingerprint density at radius 2 is 1.78 bits per heavy atom. The number of benzene rings is 2. The van der Waals surface area contributed by atoms with Crippen LogP contribution in [-0.2, 0) is 32.0 Å². The minimum Gasteiger partial charge on any atom is -0.488 e. The lowest BCUT2D eigenvalue weighted by atomic mass is 9.83. The molecule has 1 N–H and O–H groups in total. The van der Waals surface area contributed by atoms with Crippen LogP contribution < -0.4 is 10.1 Å². The molecule has 12 heteroatoms. The number of hydrogen-bond acceptors (Lipinski definition) is 9. The molecule has 2 aromatic rings. The minimum atomic E-state index is -0.674. The molecule has 5 heterocycles. The Bertz CT molecular complexity index is 2140. The maximum Gasteiger partial charge on any atom is 0.410 e. The van der Waals surface area contributed by atoms with Gasteiger partial charge >= 0.3 is 12.2 Å². The summed E-state index contributed by atoms with van der Waals surface area (Å²) in [5.41, 5.74) is 11.9. The number of rotatable bonds is 8. The molecule has 5 atom stereocenters. The summed E-state index contributed by atoms with van der Waals surface area (Å²) in [5.74, 6) is 0.925. The van der Waals surface area contributed by atoms with Crippen molar-refractivity contribution in [1.82, 2.24) is 15.1 Å². The Kier molecular flexibility index (Phi) is 10.8. The van der Waals surface area contributed by atoms with Crippen molar-refractivity contribution < 1.29 is 33.3 Å². The zero-order valence-electron chi connectivity index (χ0n) is 35.1. The van der Waals surface area contributed by atoms with E-state index in [9.17, 15) is 14.4 Å². The maximum atomic E-state index is 14.0. The number of carbonyl (C=O) groups is 3. The van der Waals surface area contributed by atoms with Crippen molar-refractivity contribution in [2.45, 2.75) is 123 Å². The summed E-state index contributed by atoms with van der Waals surface area (Å²) in [4.78, 5) is 53.3. The summed E-state index contributed by atoms with van der Waals surface area (Å²) >= 11 is 0. The highest BCUT2D eigenvalue weighted by molar-refractivity contribution is 6.06. The molecule has 5 aliphatic heterocycles. The van der Waals surface area contributed by atoms with Crippen molar-refractivity contribution in [3.8, 4) is 16.9 Å². The number of aliphatic imine (C=N–C) groups is 2. The molecule has 2 aromatic carbocycles. The van der Waals surface area contributed by atoms with E-state index < -0.39 is 17.7 Å². The van der Waals surface area contributed by atoms with E-state index in [1.165, 1.54) is 29.4 Å². The van der Waals surface area contributed by atoms with Gasteiger partial charge in [-0.25, -0.2) is 9.59 Å². The van der Waals surface area contributed by atoms with Gasteiger partial charge in [-0.15, -0.1) is 0 Å². The Labute approximate surface area is 341 Å². The van der Waals surface area contributed by atoms with Gasteiger partial charge in [0.1, 0.15) is 24.0 Å². The third-order valence-electron chi connectivity index (χ3n) is 12.6. The summed E-state index contributed by atoms with van der Waals surface area (Å²) in [5, 5.41) is 2.77. The molecule has 2 saturated heterocycles. The largest absolute Gasteiger partial charge is 0.488 e. The van der Waals surface area contributed by atoms with Gasteiger partial charge in [-0.2, -0.15) is 0 Å². The van der Waals surface area contributed by atoms with Gasteiger partial charge in [0.15, 0.2) is 0 Å². The van der Waals surface area contributed by atoms with Crippen LogP contribution in [0.5, 0.6) is 5.75 Å². The van der Waals surface area contributed by atoms with Gasteiger partial charge in [-0.3, -0.25) is 19.7 Å². The summed E-state index contributed by atoms with van der Waals surface area (Å²) in [6.07, 6.45) is 6.67. The highest BCUT2D eigenvalue weighted by Crippen LogP contribution is 2.47. The molecule has 308 valence electrons. The maximum absolute atomic E-state index is 14.0. The lowest BCUT2D eigenvalue weighted by Gasteiger charge is -2.34. The second-order valence-corrected chi connectivity index (χ2v) is 18.1. The molecule has 6 aliphatic rings. The van der Waals surface area contributed by atoms with E-state index in [2.05, 4.69) is 42.6 Å². The van der Waals surface area contributed by atoms with Crippen molar-refractivity contribution >= 4 is 40.7 Å². The number of fused-ring (bicyclic) bond motifs is 5. The number of likely N-dealkylation sites (tertiary alicyclic amines) is 2. The molecule has 1 aliphatic carbocycles. The van der Waals surface area contributed by atoms with Crippen LogP contribution in [0.1, 0.15) is 102 Å². The monoisotopic (exact) mass is 791 g/mol. The molecule has 0 bridgehead atoms. The van der Waals surface area contributed by atoms with Gasteiger partial charge in [0, 0.05) is 67.3 Å². The molecule has 0 radical (unpaired) electrons. The molecule has 0 aromatic heterocycles. The van der Waals surface area contributed by atoms with Crippen LogP contribution in [0.3, 0.4) is 0 Å². The molecule has 8 rings (SSSR count). The van der Waals surface area contributed by atoms with Crippen molar-refractivity contribution in [2.75, 3.05) is 27.4 Å². The Balaban J connectivity index is 0.969. The predicted molar refractivity (Wildman–Crippen MR) is 224 cm³/mol. The Hall–Kier alpha value is -4.97. The first kappa shape index (κ1) is 39.8. The predicted octanol–water partition coefficient (Wildman–Crippen LogP) is 7.97. The number of allylic oxidation sites excluding steroid dienone is 3. The van der Waals surface area contributed by atoms with E-state index in [-0.39, 0.29) is 42.0 Å². The number of nitrogens with zero attached hydrogens (tertiary/aromatic N) is 4. The summed E-state index contributed by atoms with van der Waals surface area (Å²) in [6.45, 7) is 13.3. The fourth-order valence-electron chi connectivity index (χ4n) is 9.73. The molecular weight excluding hydrogens is 735 g/mol. The average Bonchev–Trinajstić information content (AvgIpc) is 4.00. The van der Waals surface area contributed by atoms with Crippen molar-refractivity contribution in [1.29, 1.82) is 0 Å². The van der Waals surface area contributed by atoms with Crippen LogP contribution in [0, 0.1) is 11.8 Å². The first-order valence-electron chi connectivity index (χ1n) is 20.9. The summed E-state index contributed by atoms with van der Waals surface area (Å²) in [6, 6.07) is 10.3. The van der Waals surface area contributed by atoms with Crippen LogP contribution in [0.25, 0.3) is 22.3 Å². The lowest BCUT2D eigenvalue weighted by molar-refractivity contribution is -0.135. The highest BCUT2D eigenvalue weighted by Gasteiger charge is 2.44. The van der Waals surface area contributed by atoms with Crippen LogP contribution in [0.4, 0.5) is 9.59 Å². The highest BCUT2D eigenvalue weighted by atomic mass is 16.6. The van der Waals surface area contributed by atoms with Crippen LogP contribution in [0.2, 0.25) is 0 Å². The number of alkyl carbamates (subject to hydrolysis) is 1. The van der Waals surface area contributed by atoms with Gasteiger partial charge < -0.3 is 29.2 Å². The molecule has 2 fully saturated rings. The third kappa shape index (κ3) is 7.55. The topological polar surface area (TPSA) is 131 Å². The van der Waals surface area contributed by atoms with E-state index in [1.54, 1.807) is 7.11 Å². The van der Waals surface area contributed by atoms with Crippen LogP contribution >= 0.6 is 0 Å². The van der Waals surface area contributed by atoms with E-state index >= 15 is 0 Å². The molecule has 0 saturated carbocycles. The van der Waals surface area contributed by atoms with E-state index in [0.29, 0.717) is 32.6 Å². The number of nitrogens with one attached hydrogen (secondary N) is 1. The van der Waals surface area contributed by atoms with Gasteiger partial charge in [-0.05, 0) is 123 Å². The molecule has 0 unspecified atom stereocenters. The standard InChI is InChI=1S/C46H57N5O7/c1-25(2)42(49-44(53)56-8)43(52)51-26(3)9-14-39(51)38-19-34-33-20-41-35(17-29(33)11-13-36(34)48-38)32-12-10-28(16-31(32)24-57-41)30-18-37(47-21-30)40-15-27(23-55-7)22-50(40)45(54)58-46(4,5)6/h10,12,16-17,20-21,25-27,39-40,42H,9,11,13-15,18-19,22-24H2,1-8H3,(H,49,53)/t26-,27-,39-,40-,42-/m0/s1. The van der Waals surface area contributed by atoms with Crippen molar-refractivity contribution in [3.63, 3.8) is 0 Å². The number of hydrogen-bond donors (Lipinski definition) is 1. The van der Waals surface area contributed by atoms with Crippen LogP contribution in [0.15, 0.2) is 52.2 Å². The van der Waals surface area contributed by atoms with Crippen molar-refractivity contribution in [3.05, 3.63) is 64.5 Å². The van der Waals surface area contributed by atoms with Crippen LogP contribution in [-0.4, -0.2) is 96.5 Å². The second-order valence-electron chi connectivity index (χ2n) is 18.1. The first-order chi connectivity index (χ1) is 27.7. The quantitative estimate of drug-likeness (QED) is 0.287. The van der Waals surface area contributed by atoms with Gasteiger partial charge in [0.25, 0.3) is 0 Å². The fourth-order valence-corrected chi connectivity index (χ4v) is 9.73. The second kappa shape index (κ2) is 15.7. The van der Waals surface area contributed by atoms with Crippen molar-refractivity contribution in [2.24, 2.45) is 21.8 Å². The molecule has 58 heavy (non-hydrogen) atoms. The smallest absolute Gasteiger partial charge is 0.410 e. The average molecular weight is 792 g/mol. The Morgan fingerprint density at radius 3 is 2.52 bits per heavy atom. The zero-order valence-corrected chi connectivity index (χ0v) is 35.1. The van der Waals surface area contributed by atoms with Gasteiger partial charge in [-0.1, -0.05) is 26.0 Å². The molecule has 3 amide bonds. The third-order valence-corrected chi connectivity index (χ3v) is 12.6. The number of ether oxygens (including phenoxy) is 4. The summed E-state index contributed by atoms with van der Waals surface area (Å²) < 4.78 is 22.6. The van der Waals surface area contributed by atoms with E-state index in [1.807, 2.05) is 50.6 Å². The first-order valence-corrected chi connectivity index (χ1v) is 20.9. The fraction of sp³-hybridized carbons (Fsp3) is 0.543. The van der Waals surface area contributed by atoms with Gasteiger partial charge in [0.05, 0.1) is 25.8 Å². The number of carbonyl (C=O) groups excluding carboxylic acids is 3. The van der Waals surface area contributed by atoms with E-state index in [0.717, 1.165) is 77.2 Å².